The van der Waals surface area contributed by atoms with Crippen LogP contribution in [0, 0.1) is 0 Å². The molecule has 0 N–H and O–H groups in total. The number of carbonyl (C=O) groups is 1. The minimum absolute atomic E-state index is 0.303. The Labute approximate surface area is 84.6 Å². The lowest BCUT2D eigenvalue weighted by Crippen LogP contribution is -2.32. The van der Waals surface area contributed by atoms with Crippen LogP contribution in [-0.2, 0) is 4.79 Å². The number of hydrogen-bond acceptors (Lipinski definition) is 3. The molecule has 1 fully saturated rings. The van der Waals surface area contributed by atoms with Crippen molar-refractivity contribution in [3.8, 4) is 0 Å². The molecule has 0 spiro atoms. The molecule has 0 aromatic carbocycles. The number of carbonyl (C=O) groups excluding carboxylic acids is 1. The molecule has 1 amide bonds. The molecule has 0 atom stereocenters. The number of nitrogens with zero attached hydrogens (tertiary/aromatic N) is 2. The Hall–Kier alpha value is -0.220. The molecule has 1 heterocycles. The summed E-state index contributed by atoms with van der Waals surface area (Å²) in [6.45, 7) is 8.34. The van der Waals surface area contributed by atoms with Crippen LogP contribution in [0.2, 0.25) is 0 Å². The molecule has 0 aliphatic carbocycles. The van der Waals surface area contributed by atoms with Crippen LogP contribution in [0.15, 0.2) is 0 Å². The van der Waals surface area contributed by atoms with Gasteiger partial charge in [0, 0.05) is 25.3 Å². The van der Waals surface area contributed by atoms with E-state index in [2.05, 4.69) is 18.7 Å². The zero-order chi connectivity index (χ0) is 9.68. The largest absolute Gasteiger partial charge is 0.302 e. The Morgan fingerprint density at radius 2 is 2.15 bits per heavy atom. The maximum Gasteiger partial charge on any atom is 0.233 e. The van der Waals surface area contributed by atoms with Gasteiger partial charge in [-0.1, -0.05) is 13.8 Å². The van der Waals surface area contributed by atoms with Gasteiger partial charge in [-0.3, -0.25) is 9.10 Å². The highest BCUT2D eigenvalue weighted by Gasteiger charge is 2.20. The first-order valence-electron chi connectivity index (χ1n) is 4.93. The van der Waals surface area contributed by atoms with E-state index in [-0.39, 0.29) is 0 Å². The third-order valence-corrected chi connectivity index (χ3v) is 3.44. The molecule has 0 aromatic heterocycles. The Morgan fingerprint density at radius 1 is 1.46 bits per heavy atom. The molecule has 13 heavy (non-hydrogen) atoms. The van der Waals surface area contributed by atoms with E-state index in [1.165, 1.54) is 0 Å². The van der Waals surface area contributed by atoms with Crippen molar-refractivity contribution in [2.45, 2.75) is 20.3 Å². The van der Waals surface area contributed by atoms with Crippen molar-refractivity contribution in [2.75, 3.05) is 31.9 Å². The fraction of sp³-hybridized carbons (Fsp3) is 0.889. The summed E-state index contributed by atoms with van der Waals surface area (Å²) in [6.07, 6.45) is 0.725. The van der Waals surface area contributed by atoms with E-state index in [0.717, 1.165) is 38.4 Å². The second kappa shape index (κ2) is 5.50. The summed E-state index contributed by atoms with van der Waals surface area (Å²) < 4.78 is 1.90. The van der Waals surface area contributed by atoms with Crippen molar-refractivity contribution < 1.29 is 4.79 Å². The van der Waals surface area contributed by atoms with Gasteiger partial charge in [-0.25, -0.2) is 0 Å². The van der Waals surface area contributed by atoms with Gasteiger partial charge < -0.3 is 4.90 Å². The fourth-order valence-corrected chi connectivity index (χ4v) is 2.33. The van der Waals surface area contributed by atoms with Gasteiger partial charge in [0.1, 0.15) is 0 Å². The molecular weight excluding hydrogens is 184 g/mol. The van der Waals surface area contributed by atoms with Crippen LogP contribution in [0.5, 0.6) is 0 Å². The van der Waals surface area contributed by atoms with Crippen LogP contribution in [-0.4, -0.2) is 47.0 Å². The van der Waals surface area contributed by atoms with Crippen LogP contribution in [0.3, 0.4) is 0 Å². The minimum Gasteiger partial charge on any atom is -0.302 e. The van der Waals surface area contributed by atoms with Gasteiger partial charge in [-0.05, 0) is 25.0 Å². The molecule has 1 rings (SSSR count). The van der Waals surface area contributed by atoms with Crippen molar-refractivity contribution in [3.05, 3.63) is 0 Å². The Morgan fingerprint density at radius 3 is 2.62 bits per heavy atom. The van der Waals surface area contributed by atoms with Crippen molar-refractivity contribution >= 4 is 17.9 Å². The third-order valence-electron chi connectivity index (χ3n) is 2.35. The first-order valence-corrected chi connectivity index (χ1v) is 5.87. The molecule has 0 bridgehead atoms. The van der Waals surface area contributed by atoms with Crippen LogP contribution >= 0.6 is 11.9 Å². The summed E-state index contributed by atoms with van der Waals surface area (Å²) in [5.74, 6) is 1.27. The second-order valence-corrected chi connectivity index (χ2v) is 4.21. The number of rotatable bonds is 5. The van der Waals surface area contributed by atoms with Crippen molar-refractivity contribution in [3.63, 3.8) is 0 Å². The van der Waals surface area contributed by atoms with Gasteiger partial charge in [0.2, 0.25) is 5.91 Å². The molecule has 4 heteroatoms. The first-order chi connectivity index (χ1) is 6.27. The average Bonchev–Trinajstić information content (AvgIpc) is 2.54. The topological polar surface area (TPSA) is 23.6 Å². The van der Waals surface area contributed by atoms with E-state index in [1.54, 1.807) is 11.9 Å². The van der Waals surface area contributed by atoms with Crippen molar-refractivity contribution in [1.29, 1.82) is 0 Å². The normalized spacial score (nSPS) is 17.5. The Kier molecular flexibility index (Phi) is 4.59. The molecule has 1 aliphatic rings. The Bertz CT molecular complexity index is 171. The summed E-state index contributed by atoms with van der Waals surface area (Å²) in [5, 5.41) is 0. The molecule has 1 saturated heterocycles. The zero-order valence-corrected chi connectivity index (χ0v) is 9.27. The summed E-state index contributed by atoms with van der Waals surface area (Å²) in [6, 6.07) is 0. The van der Waals surface area contributed by atoms with E-state index in [4.69, 9.17) is 0 Å². The van der Waals surface area contributed by atoms with E-state index in [9.17, 15) is 4.79 Å². The molecule has 0 aromatic rings. The SMILES string of the molecule is CCN(CC)CCN1SCCC1=O. The molecule has 1 aliphatic heterocycles. The quantitative estimate of drug-likeness (QED) is 0.626. The van der Waals surface area contributed by atoms with Gasteiger partial charge in [-0.15, -0.1) is 0 Å². The molecule has 0 radical (unpaired) electrons. The average molecular weight is 202 g/mol. The predicted molar refractivity (Wildman–Crippen MR) is 56.6 cm³/mol. The van der Waals surface area contributed by atoms with Gasteiger partial charge in [0.05, 0.1) is 0 Å². The van der Waals surface area contributed by atoms with Crippen LogP contribution in [0.4, 0.5) is 0 Å². The van der Waals surface area contributed by atoms with Crippen LogP contribution in [0.1, 0.15) is 20.3 Å². The predicted octanol–water partition coefficient (Wildman–Crippen LogP) is 1.21. The van der Waals surface area contributed by atoms with E-state index in [0.29, 0.717) is 5.91 Å². The Balaban J connectivity index is 2.20. The number of amides is 1. The molecule has 76 valence electrons. The van der Waals surface area contributed by atoms with Gasteiger partial charge >= 0.3 is 0 Å². The summed E-state index contributed by atoms with van der Waals surface area (Å²) in [7, 11) is 0. The standard InChI is InChI=1S/C9H18N2OS/c1-3-10(4-2)6-7-11-9(12)5-8-13-11/h3-8H2,1-2H3. The van der Waals surface area contributed by atoms with Crippen molar-refractivity contribution in [2.24, 2.45) is 0 Å². The summed E-state index contributed by atoms with van der Waals surface area (Å²) >= 11 is 1.67. The van der Waals surface area contributed by atoms with Crippen molar-refractivity contribution in [1.82, 2.24) is 9.21 Å². The fourth-order valence-electron chi connectivity index (χ4n) is 1.40. The van der Waals surface area contributed by atoms with Crippen LogP contribution < -0.4 is 0 Å². The highest BCUT2D eigenvalue weighted by molar-refractivity contribution is 7.97. The third kappa shape index (κ3) is 3.19. The van der Waals surface area contributed by atoms with Crippen LogP contribution in [0.25, 0.3) is 0 Å². The zero-order valence-electron chi connectivity index (χ0n) is 8.45. The molecular formula is C9H18N2OS. The number of likely N-dealkylation sites (N-methyl/N-ethyl adjacent to an activating group) is 1. The molecule has 0 saturated carbocycles. The van der Waals surface area contributed by atoms with Gasteiger partial charge in [0.25, 0.3) is 0 Å². The first kappa shape index (κ1) is 10.9. The number of hydrogen-bond donors (Lipinski definition) is 0. The lowest BCUT2D eigenvalue weighted by Gasteiger charge is -2.21. The van der Waals surface area contributed by atoms with E-state index < -0.39 is 0 Å². The van der Waals surface area contributed by atoms with E-state index in [1.807, 2.05) is 4.31 Å². The smallest absolute Gasteiger partial charge is 0.233 e. The maximum absolute atomic E-state index is 11.3. The highest BCUT2D eigenvalue weighted by atomic mass is 32.2. The molecule has 0 unspecified atom stereocenters. The summed E-state index contributed by atoms with van der Waals surface area (Å²) in [4.78, 5) is 13.6. The molecule has 3 nitrogen and oxygen atoms in total. The monoisotopic (exact) mass is 202 g/mol. The van der Waals surface area contributed by atoms with E-state index >= 15 is 0 Å². The summed E-state index contributed by atoms with van der Waals surface area (Å²) in [5.41, 5.74) is 0. The second-order valence-electron chi connectivity index (χ2n) is 3.11. The van der Waals surface area contributed by atoms with Gasteiger partial charge in [-0.2, -0.15) is 0 Å². The lowest BCUT2D eigenvalue weighted by molar-refractivity contribution is -0.124. The lowest BCUT2D eigenvalue weighted by atomic mass is 10.4. The maximum atomic E-state index is 11.3. The minimum atomic E-state index is 0.303. The van der Waals surface area contributed by atoms with Gasteiger partial charge in [0.15, 0.2) is 0 Å². The highest BCUT2D eigenvalue weighted by Crippen LogP contribution is 2.20.